The number of benzene rings is 2. The summed E-state index contributed by atoms with van der Waals surface area (Å²) in [6, 6.07) is 7.04. The molecule has 0 saturated carbocycles. The van der Waals surface area contributed by atoms with Gasteiger partial charge in [0.2, 0.25) is 10.0 Å². The first-order valence-corrected chi connectivity index (χ1v) is 12.1. The van der Waals surface area contributed by atoms with Crippen molar-refractivity contribution in [3.05, 3.63) is 59.4 Å². The second kappa shape index (κ2) is 8.33. The fourth-order valence-corrected chi connectivity index (χ4v) is 7.06. The number of nitrogens with zero attached hydrogens (tertiary/aromatic N) is 2. The van der Waals surface area contributed by atoms with Gasteiger partial charge in [0.25, 0.3) is 0 Å². The topological polar surface area (TPSA) is 136 Å². The van der Waals surface area contributed by atoms with Gasteiger partial charge in [0.1, 0.15) is 21.6 Å². The average Bonchev–Trinajstić information content (AvgIpc) is 3.12. The number of sulfonamides is 1. The van der Waals surface area contributed by atoms with Crippen LogP contribution in [0.3, 0.4) is 0 Å². The maximum atomic E-state index is 14.3. The molecule has 1 aliphatic rings. The maximum absolute atomic E-state index is 14.3. The van der Waals surface area contributed by atoms with Crippen molar-refractivity contribution >= 4 is 19.9 Å². The Morgan fingerprint density at radius 3 is 2.21 bits per heavy atom. The van der Waals surface area contributed by atoms with E-state index in [1.807, 2.05) is 0 Å². The number of nitriles is 1. The van der Waals surface area contributed by atoms with Crippen molar-refractivity contribution in [3.8, 4) is 6.07 Å². The Morgan fingerprint density at radius 2 is 1.73 bits per heavy atom. The minimum atomic E-state index is -4.92. The van der Waals surface area contributed by atoms with Crippen LogP contribution < -0.4 is 0 Å². The summed E-state index contributed by atoms with van der Waals surface area (Å²) in [7, 11) is -9.35. The highest BCUT2D eigenvalue weighted by Gasteiger charge is 2.55. The highest BCUT2D eigenvalue weighted by Crippen LogP contribution is 2.36. The van der Waals surface area contributed by atoms with Gasteiger partial charge in [-0.3, -0.25) is 0 Å². The molecule has 0 amide bonds. The van der Waals surface area contributed by atoms with E-state index in [1.54, 1.807) is 6.07 Å². The molecule has 14 heteroatoms. The first-order valence-electron chi connectivity index (χ1n) is 9.11. The van der Waals surface area contributed by atoms with Gasteiger partial charge in [-0.05, 0) is 42.5 Å². The average molecular weight is 508 g/mol. The summed E-state index contributed by atoms with van der Waals surface area (Å²) < 4.78 is 105. The zero-order valence-electron chi connectivity index (χ0n) is 16.5. The van der Waals surface area contributed by atoms with E-state index in [0.29, 0.717) is 16.4 Å². The minimum Gasteiger partial charge on any atom is -0.393 e. The number of halogens is 4. The van der Waals surface area contributed by atoms with Crippen LogP contribution in [0.4, 0.5) is 17.6 Å². The Hall–Kier alpha value is -2.57. The lowest BCUT2D eigenvalue weighted by Gasteiger charge is -2.26. The first kappa shape index (κ1) is 25.1. The van der Waals surface area contributed by atoms with Crippen LogP contribution in [-0.2, 0) is 26.0 Å². The molecule has 0 unspecified atom stereocenters. The standard InChI is InChI=1S/C19H16F4N2O6S2/c20-15-7-13(19(21,22)23)3-6-16(15)33(30,31)25-9-17(18(27,10-25)11-26)32(28,29)14-4-1-12(8-24)2-5-14/h1-7,17,26-27H,9-11H2/t17-,18+/m0/s1. The Kier molecular flexibility index (Phi) is 6.33. The number of hydrogen-bond acceptors (Lipinski definition) is 7. The van der Waals surface area contributed by atoms with Gasteiger partial charge in [0.15, 0.2) is 9.84 Å². The van der Waals surface area contributed by atoms with Crippen LogP contribution in [0.2, 0.25) is 0 Å². The van der Waals surface area contributed by atoms with Gasteiger partial charge in [0.05, 0.1) is 28.7 Å². The Labute approximate surface area is 186 Å². The van der Waals surface area contributed by atoms with E-state index in [0.717, 1.165) is 12.1 Å². The zero-order chi connectivity index (χ0) is 24.8. The molecule has 2 atom stereocenters. The van der Waals surface area contributed by atoms with Crippen LogP contribution in [-0.4, -0.2) is 61.9 Å². The molecular formula is C19H16F4N2O6S2. The lowest BCUT2D eigenvalue weighted by atomic mass is 10.1. The number of hydrogen-bond donors (Lipinski definition) is 2. The van der Waals surface area contributed by atoms with Gasteiger partial charge >= 0.3 is 6.18 Å². The van der Waals surface area contributed by atoms with Crippen molar-refractivity contribution in [1.29, 1.82) is 5.26 Å². The molecule has 178 valence electrons. The highest BCUT2D eigenvalue weighted by molar-refractivity contribution is 7.92. The van der Waals surface area contributed by atoms with E-state index >= 15 is 0 Å². The van der Waals surface area contributed by atoms with Crippen LogP contribution in [0.15, 0.2) is 52.3 Å². The number of aliphatic hydroxyl groups is 2. The molecule has 0 aliphatic carbocycles. The number of rotatable bonds is 5. The lowest BCUT2D eigenvalue weighted by Crippen LogP contribution is -2.49. The summed E-state index contributed by atoms with van der Waals surface area (Å²) in [5.41, 5.74) is -3.77. The predicted octanol–water partition coefficient (Wildman–Crippen LogP) is 1.29. The van der Waals surface area contributed by atoms with Crippen LogP contribution in [0.5, 0.6) is 0 Å². The van der Waals surface area contributed by atoms with Crippen LogP contribution in [0.25, 0.3) is 0 Å². The fourth-order valence-electron chi connectivity index (χ4n) is 3.46. The van der Waals surface area contributed by atoms with Crippen molar-refractivity contribution in [2.24, 2.45) is 0 Å². The van der Waals surface area contributed by atoms with Gasteiger partial charge in [0, 0.05) is 13.1 Å². The molecule has 1 saturated heterocycles. The fraction of sp³-hybridized carbons (Fsp3) is 0.316. The summed E-state index contributed by atoms with van der Waals surface area (Å²) in [5, 5.41) is 27.3. The molecule has 1 fully saturated rings. The summed E-state index contributed by atoms with van der Waals surface area (Å²) in [6.07, 6.45) is -4.92. The van der Waals surface area contributed by atoms with E-state index in [9.17, 15) is 44.6 Å². The molecule has 0 bridgehead atoms. The highest BCUT2D eigenvalue weighted by atomic mass is 32.2. The number of alkyl halides is 3. The maximum Gasteiger partial charge on any atom is 0.416 e. The molecule has 2 aromatic carbocycles. The number of aliphatic hydroxyl groups excluding tert-OH is 1. The SMILES string of the molecule is N#Cc1ccc(S(=O)(=O)[C@H]2CN(S(=O)(=O)c3ccc(C(F)(F)F)cc3F)C[C@@]2(O)CO)cc1. The van der Waals surface area contributed by atoms with Crippen molar-refractivity contribution in [2.75, 3.05) is 19.7 Å². The van der Waals surface area contributed by atoms with Gasteiger partial charge in [-0.25, -0.2) is 21.2 Å². The molecule has 33 heavy (non-hydrogen) atoms. The third kappa shape index (κ3) is 4.46. The monoisotopic (exact) mass is 508 g/mol. The minimum absolute atomic E-state index is 0.00777. The number of sulfone groups is 1. The molecule has 3 rings (SSSR count). The molecule has 0 radical (unpaired) electrons. The van der Waals surface area contributed by atoms with E-state index in [1.165, 1.54) is 12.1 Å². The van der Waals surface area contributed by atoms with Gasteiger partial charge < -0.3 is 10.2 Å². The smallest absolute Gasteiger partial charge is 0.393 e. The predicted molar refractivity (Wildman–Crippen MR) is 104 cm³/mol. The summed E-state index contributed by atoms with van der Waals surface area (Å²) in [5.74, 6) is -1.71. The first-order chi connectivity index (χ1) is 15.2. The van der Waals surface area contributed by atoms with Gasteiger partial charge in [-0.15, -0.1) is 0 Å². The largest absolute Gasteiger partial charge is 0.416 e. The molecule has 2 aromatic rings. The second-order valence-electron chi connectivity index (χ2n) is 7.37. The normalized spacial score (nSPS) is 22.3. The van der Waals surface area contributed by atoms with Crippen molar-refractivity contribution in [1.82, 2.24) is 4.31 Å². The quantitative estimate of drug-likeness (QED) is 0.581. The van der Waals surface area contributed by atoms with E-state index in [2.05, 4.69) is 0 Å². The molecule has 1 heterocycles. The molecule has 0 aromatic heterocycles. The summed E-state index contributed by atoms with van der Waals surface area (Å²) in [4.78, 5) is -1.51. The van der Waals surface area contributed by atoms with Crippen molar-refractivity contribution in [2.45, 2.75) is 26.8 Å². The zero-order valence-corrected chi connectivity index (χ0v) is 18.1. The Bertz CT molecular complexity index is 1320. The van der Waals surface area contributed by atoms with Crippen LogP contribution in [0, 0.1) is 17.1 Å². The van der Waals surface area contributed by atoms with Crippen LogP contribution in [0.1, 0.15) is 11.1 Å². The van der Waals surface area contributed by atoms with Crippen LogP contribution >= 0.6 is 0 Å². The summed E-state index contributed by atoms with van der Waals surface area (Å²) >= 11 is 0. The summed E-state index contributed by atoms with van der Waals surface area (Å²) in [6.45, 7) is -3.02. The third-order valence-corrected chi connectivity index (χ3v) is 9.37. The second-order valence-corrected chi connectivity index (χ2v) is 11.4. The van der Waals surface area contributed by atoms with E-state index < -0.39 is 72.9 Å². The number of β-amino-alcohol motifs (C(OH)–C–C–N with tert-alkyl or cyclic N) is 1. The lowest BCUT2D eigenvalue weighted by molar-refractivity contribution is -0.137. The third-order valence-electron chi connectivity index (χ3n) is 5.26. The van der Waals surface area contributed by atoms with Crippen molar-refractivity contribution in [3.63, 3.8) is 0 Å². The van der Waals surface area contributed by atoms with E-state index in [-0.39, 0.29) is 16.5 Å². The molecule has 8 nitrogen and oxygen atoms in total. The van der Waals surface area contributed by atoms with Gasteiger partial charge in [-0.1, -0.05) is 0 Å². The molecule has 1 aliphatic heterocycles. The Balaban J connectivity index is 2.01. The molecular weight excluding hydrogens is 492 g/mol. The van der Waals surface area contributed by atoms with Crippen molar-refractivity contribution < 1.29 is 44.6 Å². The van der Waals surface area contributed by atoms with Gasteiger partial charge in [-0.2, -0.15) is 22.7 Å². The van der Waals surface area contributed by atoms with E-state index in [4.69, 9.17) is 5.26 Å². The molecule has 0 spiro atoms. The Morgan fingerprint density at radius 1 is 1.12 bits per heavy atom. The molecule has 2 N–H and O–H groups in total.